The van der Waals surface area contributed by atoms with E-state index in [-0.39, 0.29) is 12.5 Å². The summed E-state index contributed by atoms with van der Waals surface area (Å²) in [6.45, 7) is 49.9. The fourth-order valence-electron chi connectivity index (χ4n) is 13.6. The Labute approximate surface area is 705 Å². The van der Waals surface area contributed by atoms with Crippen molar-refractivity contribution < 1.29 is 32.6 Å². The average molecular weight is 1610 g/mol. The second-order valence-electron chi connectivity index (χ2n) is 34.8. The maximum atomic E-state index is 11.6. The zero-order valence-corrected chi connectivity index (χ0v) is 79.5. The Balaban J connectivity index is 4.37. The van der Waals surface area contributed by atoms with E-state index in [4.69, 9.17) is 14.3 Å². The summed E-state index contributed by atoms with van der Waals surface area (Å²) in [6, 6.07) is 0. The Morgan fingerprint density at radius 3 is 0.482 bits per heavy atom. The number of phosphoric ester groups is 1. The van der Waals surface area contributed by atoms with Gasteiger partial charge in [-0.25, -0.2) is 9.13 Å². The Hall–Kier alpha value is -4.94. The fourth-order valence-corrected chi connectivity index (χ4v) is 15.2. The van der Waals surface area contributed by atoms with E-state index in [1.165, 1.54) is 144 Å². The summed E-state index contributed by atoms with van der Waals surface area (Å²) in [4.78, 5) is 26.9. The second kappa shape index (κ2) is 68.9. The molecule has 0 rings (SSSR count). The number of rotatable bonds is 66. The SMILES string of the molecule is CC(C)=CCC/C(C)=C/CC/C(C)=C/CC/C(C)=C\CC/C(C)=C\CC/C(C)=C\CC/C(C)=C\CC/C(C)=C\CC/C(C)=C\CC/C(C)=C\CC/C(C)=C\CC/C(C)=C\CC/C(C)=C\CC/C(C)=C\CC/C(C)=C\CC/C(C)=C\CC/C(C)=C\CC/C(C)=C\CC/C(C)=C\CC/C(C)=C\CCC(C)CCOP(=O)(O)OP(=O)(O)O. The van der Waals surface area contributed by atoms with Gasteiger partial charge in [-0.3, -0.25) is 4.52 Å². The van der Waals surface area contributed by atoms with Gasteiger partial charge in [-0.1, -0.05) is 240 Å². The van der Waals surface area contributed by atoms with Crippen molar-refractivity contribution >= 4 is 15.6 Å². The first-order chi connectivity index (χ1) is 54.0. The highest BCUT2D eigenvalue weighted by atomic mass is 31.3. The highest BCUT2D eigenvalue weighted by Gasteiger charge is 2.32. The molecular weight excluding hydrogens is 1440 g/mol. The molecule has 0 aromatic rings. The summed E-state index contributed by atoms with van der Waals surface area (Å²) < 4.78 is 30.9. The highest BCUT2D eigenvalue weighted by Crippen LogP contribution is 2.57. The van der Waals surface area contributed by atoms with Crippen molar-refractivity contribution in [2.75, 3.05) is 6.61 Å². The summed E-state index contributed by atoms with van der Waals surface area (Å²) in [5, 5.41) is 0. The number of hydrogen-bond acceptors (Lipinski definition) is 4. The molecule has 646 valence electrons. The van der Waals surface area contributed by atoms with Crippen molar-refractivity contribution in [3.05, 3.63) is 233 Å². The van der Waals surface area contributed by atoms with Crippen LogP contribution in [0.4, 0.5) is 0 Å². The van der Waals surface area contributed by atoms with Gasteiger partial charge in [0.2, 0.25) is 0 Å². The molecule has 0 amide bonds. The van der Waals surface area contributed by atoms with Crippen molar-refractivity contribution in [3.63, 3.8) is 0 Å². The molecule has 114 heavy (non-hydrogen) atoms. The van der Waals surface area contributed by atoms with Crippen LogP contribution >= 0.6 is 15.6 Å². The molecule has 0 aliphatic rings. The van der Waals surface area contributed by atoms with E-state index in [2.05, 4.69) is 271 Å². The lowest BCUT2D eigenvalue weighted by molar-refractivity contribution is 0.170. The summed E-state index contributed by atoms with van der Waals surface area (Å²) >= 11 is 0. The fraction of sp³-hybridized carbons (Fsp3) is 0.619. The molecular formula is C105H174O7P2. The molecule has 0 aromatic heterocycles. The van der Waals surface area contributed by atoms with Gasteiger partial charge < -0.3 is 14.7 Å². The topological polar surface area (TPSA) is 113 Å². The van der Waals surface area contributed by atoms with Gasteiger partial charge in [-0.05, 0) is 415 Å². The molecule has 0 saturated carbocycles. The lowest BCUT2D eigenvalue weighted by atomic mass is 10.0. The molecule has 0 radical (unpaired) electrons. The summed E-state index contributed by atoms with van der Waals surface area (Å²) in [7, 11) is -9.87. The Morgan fingerprint density at radius 1 is 0.219 bits per heavy atom. The van der Waals surface area contributed by atoms with Crippen LogP contribution in [-0.2, 0) is 18.0 Å². The van der Waals surface area contributed by atoms with E-state index in [1.807, 2.05) is 6.92 Å². The molecule has 0 aliphatic carbocycles. The molecule has 3 N–H and O–H groups in total. The maximum Gasteiger partial charge on any atom is 0.481 e. The monoisotopic (exact) mass is 1610 g/mol. The first kappa shape index (κ1) is 109. The third-order valence-electron chi connectivity index (χ3n) is 21.9. The van der Waals surface area contributed by atoms with E-state index in [0.29, 0.717) is 6.42 Å². The minimum Gasteiger partial charge on any atom is -0.302 e. The summed E-state index contributed by atoms with van der Waals surface area (Å²) in [6.07, 6.45) is 94.3. The molecule has 0 saturated heterocycles. The molecule has 9 heteroatoms. The van der Waals surface area contributed by atoms with E-state index in [1.54, 1.807) is 0 Å². The predicted octanol–water partition coefficient (Wildman–Crippen LogP) is 35.8. The van der Waals surface area contributed by atoms with Crippen molar-refractivity contribution in [1.82, 2.24) is 0 Å². The smallest absolute Gasteiger partial charge is 0.302 e. The van der Waals surface area contributed by atoms with Crippen LogP contribution in [0, 0.1) is 5.92 Å². The quantitative estimate of drug-likeness (QED) is 0.0411. The Bertz CT molecular complexity index is 3460. The van der Waals surface area contributed by atoms with Crippen LogP contribution in [0.2, 0.25) is 0 Å². The lowest BCUT2D eigenvalue weighted by Crippen LogP contribution is -2.02. The van der Waals surface area contributed by atoms with Gasteiger partial charge in [0.15, 0.2) is 0 Å². The molecule has 2 unspecified atom stereocenters. The van der Waals surface area contributed by atoms with E-state index < -0.39 is 15.6 Å². The van der Waals surface area contributed by atoms with Crippen LogP contribution < -0.4 is 0 Å². The van der Waals surface area contributed by atoms with Gasteiger partial charge in [0.05, 0.1) is 6.61 Å². The molecule has 0 heterocycles. The predicted molar refractivity (Wildman–Crippen MR) is 508 cm³/mol. The van der Waals surface area contributed by atoms with E-state index >= 15 is 0 Å². The molecule has 0 aliphatic heterocycles. The number of phosphoric acid groups is 2. The van der Waals surface area contributed by atoms with Crippen LogP contribution in [0.1, 0.15) is 416 Å². The number of hydrogen-bond donors (Lipinski definition) is 3. The molecule has 7 nitrogen and oxygen atoms in total. The van der Waals surface area contributed by atoms with Crippen molar-refractivity contribution in [3.8, 4) is 0 Å². The first-order valence-corrected chi connectivity index (χ1v) is 47.9. The average Bonchev–Trinajstić information content (AvgIpc) is 0.883. The number of allylic oxidation sites excluding steroid dienone is 40. The second-order valence-corrected chi connectivity index (χ2v) is 37.7. The largest absolute Gasteiger partial charge is 0.481 e. The van der Waals surface area contributed by atoms with Crippen molar-refractivity contribution in [2.24, 2.45) is 5.92 Å². The van der Waals surface area contributed by atoms with Gasteiger partial charge in [0, 0.05) is 0 Å². The third-order valence-corrected chi connectivity index (χ3v) is 24.1. The lowest BCUT2D eigenvalue weighted by Gasteiger charge is -2.14. The molecule has 2 atom stereocenters. The van der Waals surface area contributed by atoms with E-state index in [9.17, 15) is 14.0 Å². The van der Waals surface area contributed by atoms with Gasteiger partial charge in [0.1, 0.15) is 0 Å². The summed E-state index contributed by atoms with van der Waals surface area (Å²) in [5.41, 5.74) is 30.0. The third kappa shape index (κ3) is 73.4. The molecule has 0 bridgehead atoms. The molecule has 0 aromatic carbocycles. The van der Waals surface area contributed by atoms with Gasteiger partial charge >= 0.3 is 15.6 Å². The first-order valence-electron chi connectivity index (χ1n) is 44.9. The van der Waals surface area contributed by atoms with Crippen LogP contribution in [0.5, 0.6) is 0 Å². The zero-order chi connectivity index (χ0) is 85.4. The van der Waals surface area contributed by atoms with E-state index in [0.717, 1.165) is 225 Å². The van der Waals surface area contributed by atoms with Gasteiger partial charge in [-0.15, -0.1) is 0 Å². The Morgan fingerprint density at radius 2 is 0.351 bits per heavy atom. The normalized spacial score (nSPS) is 16.0. The van der Waals surface area contributed by atoms with Crippen LogP contribution in [0.15, 0.2) is 233 Å². The standard InChI is InChI=1S/C105H174O7P2/c1-85(2)43-23-44-86(3)45-24-46-87(4)47-25-48-88(5)49-26-50-89(6)51-27-52-90(7)53-28-54-91(8)55-29-56-92(9)57-30-58-93(10)59-31-60-94(11)61-32-62-95(12)63-33-64-96(13)65-34-66-97(14)67-35-68-98(15)69-36-70-99(16)71-37-72-100(17)73-38-74-101(18)75-39-76-102(19)77-40-78-103(20)79-41-80-104(21)81-42-82-105(22)83-84-111-114(109,110)112-113(106,107)108/h43,45,47,49,51,53,55,57,59,61,63,65,67,69,71,73,75,77,79,81,105H,23-42,44,46,48,50,52,54,56,58,60,62,64,66,68,70,72,74,76,78,80,82-84H2,1-22H3,(H,109,110)(H2,106,107,108)/b86-45+,87-47+,88-49-,89-51-,90-53-,91-55-,92-57-,93-59-,94-61-,95-63-,96-65-,97-67-,98-69-,99-71-,100-73-,101-75-,102-77-,103-79-,104-81-. The van der Waals surface area contributed by atoms with Gasteiger partial charge in [0.25, 0.3) is 0 Å². The highest BCUT2D eigenvalue weighted by molar-refractivity contribution is 7.60. The zero-order valence-electron chi connectivity index (χ0n) is 77.7. The van der Waals surface area contributed by atoms with Gasteiger partial charge in [-0.2, -0.15) is 4.31 Å². The van der Waals surface area contributed by atoms with Crippen molar-refractivity contribution in [1.29, 1.82) is 0 Å². The maximum absolute atomic E-state index is 11.6. The van der Waals surface area contributed by atoms with Crippen LogP contribution in [0.3, 0.4) is 0 Å². The van der Waals surface area contributed by atoms with Crippen LogP contribution in [0.25, 0.3) is 0 Å². The Kier molecular flexibility index (Phi) is 65.9. The minimum absolute atomic E-state index is 0.115. The molecule has 0 spiro atoms. The summed E-state index contributed by atoms with van der Waals surface area (Å²) in [5.74, 6) is 0.217. The molecule has 0 fully saturated rings. The minimum atomic E-state index is -5.10. The van der Waals surface area contributed by atoms with Crippen LogP contribution in [-0.4, -0.2) is 21.3 Å². The van der Waals surface area contributed by atoms with Crippen molar-refractivity contribution in [2.45, 2.75) is 416 Å².